The van der Waals surface area contributed by atoms with Gasteiger partial charge in [0.05, 0.1) is 37.5 Å². The summed E-state index contributed by atoms with van der Waals surface area (Å²) in [6.07, 6.45) is 0.178. The Morgan fingerprint density at radius 2 is 1.55 bits per heavy atom. The number of esters is 1. The van der Waals surface area contributed by atoms with E-state index in [9.17, 15) is 9.59 Å². The zero-order chi connectivity index (χ0) is 21.4. The summed E-state index contributed by atoms with van der Waals surface area (Å²) in [5.41, 5.74) is 3.26. The molecule has 0 aromatic heterocycles. The van der Waals surface area contributed by atoms with Crippen LogP contribution in [0, 0.1) is 0 Å². The Balaban J connectivity index is 1.97. The molecule has 1 aliphatic rings. The number of carbonyl (C=O) groups excluding carboxylic acids is 2. The number of aliphatic imine (C=N–C) groups is 1. The van der Waals surface area contributed by atoms with Gasteiger partial charge in [-0.2, -0.15) is 0 Å². The minimum Gasteiger partial charge on any atom is -0.497 e. The quantitative estimate of drug-likeness (QED) is 0.549. The third kappa shape index (κ3) is 3.69. The van der Waals surface area contributed by atoms with Crippen molar-refractivity contribution in [2.24, 2.45) is 4.99 Å². The Hall–Kier alpha value is -2.95. The fourth-order valence-electron chi connectivity index (χ4n) is 3.60. The van der Waals surface area contributed by atoms with Crippen LogP contribution >= 0.6 is 0 Å². The molecule has 0 spiro atoms. The van der Waals surface area contributed by atoms with Gasteiger partial charge in [0.15, 0.2) is 5.78 Å². The Bertz CT molecular complexity index is 984. The molecule has 0 saturated carbocycles. The standard InChI is InChI=1S/C24H27NO4/c1-23(2)19-12-11-17(28-5)13-18(19)20(25-24(23,3)4)14-21(26)15-7-9-16(10-8-15)22(27)29-6/h7-13H,14H2,1-6H3. The third-order valence-corrected chi connectivity index (χ3v) is 6.11. The molecule has 0 bridgehead atoms. The van der Waals surface area contributed by atoms with Crippen LogP contribution in [0.1, 0.15) is 66.0 Å². The molecule has 2 aromatic rings. The van der Waals surface area contributed by atoms with Crippen molar-refractivity contribution >= 4 is 17.5 Å². The van der Waals surface area contributed by atoms with Crippen molar-refractivity contribution in [3.05, 3.63) is 64.7 Å². The minimum atomic E-state index is -0.425. The number of ketones is 1. The molecule has 0 radical (unpaired) electrons. The van der Waals surface area contributed by atoms with E-state index in [1.165, 1.54) is 7.11 Å². The maximum atomic E-state index is 13.0. The normalized spacial score (nSPS) is 16.4. The first-order valence-corrected chi connectivity index (χ1v) is 9.60. The van der Waals surface area contributed by atoms with Gasteiger partial charge in [0, 0.05) is 16.5 Å². The van der Waals surface area contributed by atoms with Crippen LogP contribution in [0.4, 0.5) is 0 Å². The Morgan fingerprint density at radius 1 is 0.931 bits per heavy atom. The van der Waals surface area contributed by atoms with Crippen LogP contribution in [0.25, 0.3) is 0 Å². The van der Waals surface area contributed by atoms with Crippen molar-refractivity contribution in [2.45, 2.75) is 45.1 Å². The van der Waals surface area contributed by atoms with Gasteiger partial charge in [-0.25, -0.2) is 4.79 Å². The van der Waals surface area contributed by atoms with Gasteiger partial charge in [0.1, 0.15) is 5.75 Å². The van der Waals surface area contributed by atoms with Gasteiger partial charge in [0.2, 0.25) is 0 Å². The first-order valence-electron chi connectivity index (χ1n) is 9.60. The van der Waals surface area contributed by atoms with Crippen LogP contribution < -0.4 is 4.74 Å². The lowest BCUT2D eigenvalue weighted by atomic mass is 9.66. The van der Waals surface area contributed by atoms with Crippen LogP contribution in [-0.4, -0.2) is 37.2 Å². The van der Waals surface area contributed by atoms with E-state index in [0.29, 0.717) is 11.1 Å². The number of methoxy groups -OCH3 is 2. The van der Waals surface area contributed by atoms with Gasteiger partial charge in [-0.3, -0.25) is 9.79 Å². The molecule has 5 nitrogen and oxygen atoms in total. The van der Waals surface area contributed by atoms with Crippen molar-refractivity contribution in [1.29, 1.82) is 0 Å². The van der Waals surface area contributed by atoms with Gasteiger partial charge in [-0.05, 0) is 43.7 Å². The predicted molar refractivity (Wildman–Crippen MR) is 113 cm³/mol. The van der Waals surface area contributed by atoms with Gasteiger partial charge in [-0.1, -0.05) is 32.0 Å². The van der Waals surface area contributed by atoms with E-state index >= 15 is 0 Å². The number of Topliss-reactive ketones (excluding diaryl/α,β-unsaturated/α-hetero) is 1. The van der Waals surface area contributed by atoms with E-state index in [-0.39, 0.29) is 23.2 Å². The highest BCUT2D eigenvalue weighted by molar-refractivity contribution is 6.17. The van der Waals surface area contributed by atoms with Gasteiger partial charge in [-0.15, -0.1) is 0 Å². The molecule has 0 fully saturated rings. The number of hydrogen-bond acceptors (Lipinski definition) is 5. The van der Waals surface area contributed by atoms with E-state index in [1.54, 1.807) is 31.4 Å². The second-order valence-electron chi connectivity index (χ2n) is 8.32. The van der Waals surface area contributed by atoms with Crippen molar-refractivity contribution < 1.29 is 19.1 Å². The lowest BCUT2D eigenvalue weighted by Gasteiger charge is -2.44. The van der Waals surface area contributed by atoms with Crippen molar-refractivity contribution in [3.8, 4) is 5.75 Å². The predicted octanol–water partition coefficient (Wildman–Crippen LogP) is 4.61. The lowest BCUT2D eigenvalue weighted by Crippen LogP contribution is -2.46. The SMILES string of the molecule is COC(=O)c1ccc(C(=O)CC2=NC(C)(C)C(C)(C)c3ccc(OC)cc32)cc1. The molecule has 0 N–H and O–H groups in total. The fraction of sp³-hybridized carbons (Fsp3) is 0.375. The zero-order valence-corrected chi connectivity index (χ0v) is 17.8. The summed E-state index contributed by atoms with van der Waals surface area (Å²) < 4.78 is 10.1. The molecule has 152 valence electrons. The molecule has 29 heavy (non-hydrogen) atoms. The highest BCUT2D eigenvalue weighted by Gasteiger charge is 2.43. The summed E-state index contributed by atoms with van der Waals surface area (Å²) in [7, 11) is 2.96. The minimum absolute atomic E-state index is 0.0514. The Labute approximate surface area is 171 Å². The number of benzene rings is 2. The largest absolute Gasteiger partial charge is 0.497 e. The number of ether oxygens (including phenoxy) is 2. The fourth-order valence-corrected chi connectivity index (χ4v) is 3.60. The summed E-state index contributed by atoms with van der Waals surface area (Å²) >= 11 is 0. The molecule has 0 unspecified atom stereocenters. The van der Waals surface area contributed by atoms with E-state index < -0.39 is 5.97 Å². The Kier molecular flexibility index (Phi) is 5.35. The van der Waals surface area contributed by atoms with Crippen LogP contribution in [0.2, 0.25) is 0 Å². The maximum Gasteiger partial charge on any atom is 0.337 e. The van der Waals surface area contributed by atoms with Crippen LogP contribution in [0.5, 0.6) is 5.75 Å². The average Bonchev–Trinajstić information content (AvgIpc) is 2.71. The Morgan fingerprint density at radius 3 is 2.14 bits per heavy atom. The molecule has 0 saturated heterocycles. The molecule has 0 aliphatic carbocycles. The molecule has 2 aromatic carbocycles. The summed E-state index contributed by atoms with van der Waals surface area (Å²) in [5.74, 6) is 0.261. The van der Waals surface area contributed by atoms with Gasteiger partial charge >= 0.3 is 5.97 Å². The molecule has 0 amide bonds. The molecule has 3 rings (SSSR count). The van der Waals surface area contributed by atoms with Crippen molar-refractivity contribution in [3.63, 3.8) is 0 Å². The maximum absolute atomic E-state index is 13.0. The van der Waals surface area contributed by atoms with E-state index in [1.807, 2.05) is 12.1 Å². The van der Waals surface area contributed by atoms with E-state index in [2.05, 4.69) is 33.8 Å². The second kappa shape index (κ2) is 7.47. The second-order valence-corrected chi connectivity index (χ2v) is 8.32. The molecule has 1 heterocycles. The lowest BCUT2D eigenvalue weighted by molar-refractivity contribution is 0.0600. The number of nitrogens with zero attached hydrogens (tertiary/aromatic N) is 1. The average molecular weight is 393 g/mol. The topological polar surface area (TPSA) is 65.0 Å². The summed E-state index contributed by atoms with van der Waals surface area (Å²) in [4.78, 5) is 29.5. The zero-order valence-electron chi connectivity index (χ0n) is 17.8. The number of fused-ring (bicyclic) bond motifs is 1. The van der Waals surface area contributed by atoms with Gasteiger partial charge in [0.25, 0.3) is 0 Å². The first kappa shape index (κ1) is 20.8. The molecular weight excluding hydrogens is 366 g/mol. The summed E-state index contributed by atoms with van der Waals surface area (Å²) in [5, 5.41) is 0. The molecule has 5 heteroatoms. The number of rotatable bonds is 5. The van der Waals surface area contributed by atoms with Gasteiger partial charge < -0.3 is 9.47 Å². The van der Waals surface area contributed by atoms with Crippen LogP contribution in [0.3, 0.4) is 0 Å². The van der Waals surface area contributed by atoms with E-state index in [0.717, 1.165) is 22.6 Å². The highest BCUT2D eigenvalue weighted by Crippen LogP contribution is 2.44. The van der Waals surface area contributed by atoms with Crippen LogP contribution in [0.15, 0.2) is 47.5 Å². The molecule has 0 atom stereocenters. The number of hydrogen-bond donors (Lipinski definition) is 0. The number of carbonyl (C=O) groups is 2. The van der Waals surface area contributed by atoms with Crippen molar-refractivity contribution in [2.75, 3.05) is 14.2 Å². The molecular formula is C24H27NO4. The smallest absolute Gasteiger partial charge is 0.337 e. The monoisotopic (exact) mass is 393 g/mol. The summed E-state index contributed by atoms with van der Waals surface area (Å²) in [6.45, 7) is 8.53. The van der Waals surface area contributed by atoms with Crippen molar-refractivity contribution in [1.82, 2.24) is 0 Å². The highest BCUT2D eigenvalue weighted by atomic mass is 16.5. The first-order chi connectivity index (χ1) is 13.6. The summed E-state index contributed by atoms with van der Waals surface area (Å²) in [6, 6.07) is 12.5. The van der Waals surface area contributed by atoms with E-state index in [4.69, 9.17) is 14.5 Å². The molecule has 1 aliphatic heterocycles. The van der Waals surface area contributed by atoms with Crippen LogP contribution in [-0.2, 0) is 10.2 Å². The third-order valence-electron chi connectivity index (χ3n) is 6.11.